The van der Waals surface area contributed by atoms with Crippen LogP contribution in [-0.2, 0) is 9.53 Å². The topological polar surface area (TPSA) is 32.8 Å². The minimum Gasteiger partial charge on any atom is -0.464 e. The molecule has 2 fully saturated rings. The van der Waals surface area contributed by atoms with Crippen LogP contribution in [0.1, 0.15) is 17.5 Å². The van der Waals surface area contributed by atoms with Gasteiger partial charge in [0.25, 0.3) is 0 Å². The maximum atomic E-state index is 11.6. The minimum absolute atomic E-state index is 0.00393. The number of hydrogen-bond donors (Lipinski definition) is 0. The molecule has 0 unspecified atom stereocenters. The molecule has 2 aliphatic rings. The van der Waals surface area contributed by atoms with Crippen molar-refractivity contribution in [3.05, 3.63) is 29.3 Å². The van der Waals surface area contributed by atoms with Crippen LogP contribution in [-0.4, -0.2) is 49.7 Å². The van der Waals surface area contributed by atoms with Crippen molar-refractivity contribution in [2.75, 3.05) is 37.7 Å². The molecule has 1 aromatic carbocycles. The number of esters is 1. The van der Waals surface area contributed by atoms with E-state index in [1.807, 2.05) is 0 Å². The van der Waals surface area contributed by atoms with Crippen LogP contribution in [0.3, 0.4) is 0 Å². The van der Waals surface area contributed by atoms with E-state index in [-0.39, 0.29) is 12.0 Å². The summed E-state index contributed by atoms with van der Waals surface area (Å²) in [6.45, 7) is 8.76. The van der Waals surface area contributed by atoms with Gasteiger partial charge in [-0.2, -0.15) is 0 Å². The summed E-state index contributed by atoms with van der Waals surface area (Å²) in [5, 5.41) is 0. The summed E-state index contributed by atoms with van der Waals surface area (Å²) in [6.07, 6.45) is 0.850. The molecule has 0 spiro atoms. The number of carbonyl (C=O) groups excluding carboxylic acids is 1. The zero-order valence-electron chi connectivity index (χ0n) is 12.3. The van der Waals surface area contributed by atoms with Gasteiger partial charge in [0.15, 0.2) is 0 Å². The van der Waals surface area contributed by atoms with Crippen LogP contribution in [0.25, 0.3) is 0 Å². The van der Waals surface area contributed by atoms with E-state index in [1.165, 1.54) is 16.8 Å². The summed E-state index contributed by atoms with van der Waals surface area (Å²) < 4.78 is 5.07. The van der Waals surface area contributed by atoms with Crippen LogP contribution in [0.2, 0.25) is 0 Å². The average Bonchev–Trinajstić information content (AvgIpc) is 2.88. The lowest BCUT2D eigenvalue weighted by molar-refractivity contribution is -0.142. The van der Waals surface area contributed by atoms with E-state index in [9.17, 15) is 4.79 Å². The van der Waals surface area contributed by atoms with E-state index >= 15 is 0 Å². The molecule has 3 rings (SSSR count). The highest BCUT2D eigenvalue weighted by molar-refractivity contribution is 5.77. The van der Waals surface area contributed by atoms with Gasteiger partial charge < -0.3 is 9.64 Å². The number of aryl methyl sites for hydroxylation is 1. The van der Waals surface area contributed by atoms with Gasteiger partial charge in [0.2, 0.25) is 0 Å². The van der Waals surface area contributed by atoms with Crippen molar-refractivity contribution in [3.63, 3.8) is 0 Å². The van der Waals surface area contributed by atoms with E-state index in [0.29, 0.717) is 6.61 Å². The Morgan fingerprint density at radius 3 is 2.55 bits per heavy atom. The number of piperazine rings is 1. The molecule has 0 radical (unpaired) electrons. The first-order chi connectivity index (χ1) is 9.66. The lowest BCUT2D eigenvalue weighted by Gasteiger charge is -2.38. The van der Waals surface area contributed by atoms with Crippen LogP contribution < -0.4 is 4.90 Å². The molecule has 0 amide bonds. The molecule has 4 nitrogen and oxygen atoms in total. The van der Waals surface area contributed by atoms with E-state index in [1.54, 1.807) is 0 Å². The van der Waals surface area contributed by atoms with Gasteiger partial charge in [-0.3, -0.25) is 9.69 Å². The minimum atomic E-state index is -0.0369. The molecule has 0 N–H and O–H groups in total. The van der Waals surface area contributed by atoms with Crippen LogP contribution in [0.4, 0.5) is 5.69 Å². The number of cyclic esters (lactones) is 1. The predicted octanol–water partition coefficient (Wildman–Crippen LogP) is 1.74. The van der Waals surface area contributed by atoms with Crippen molar-refractivity contribution < 1.29 is 9.53 Å². The number of anilines is 1. The molecule has 2 heterocycles. The van der Waals surface area contributed by atoms with E-state index in [0.717, 1.165) is 32.6 Å². The second kappa shape index (κ2) is 5.44. The molecule has 1 atom stereocenters. The van der Waals surface area contributed by atoms with Crippen LogP contribution in [0, 0.1) is 13.8 Å². The van der Waals surface area contributed by atoms with Gasteiger partial charge in [0.05, 0.1) is 6.61 Å². The van der Waals surface area contributed by atoms with Crippen molar-refractivity contribution in [2.45, 2.75) is 26.3 Å². The molecule has 2 saturated heterocycles. The number of ether oxygens (including phenoxy) is 1. The van der Waals surface area contributed by atoms with Crippen molar-refractivity contribution in [3.8, 4) is 0 Å². The SMILES string of the molecule is Cc1cccc(N2CCN([C@H]3CCOC3=O)CC2)c1C. The van der Waals surface area contributed by atoms with Crippen LogP contribution in [0.15, 0.2) is 18.2 Å². The fourth-order valence-electron chi connectivity index (χ4n) is 3.17. The Balaban J connectivity index is 1.66. The summed E-state index contributed by atoms with van der Waals surface area (Å²) in [5.41, 5.74) is 4.03. The van der Waals surface area contributed by atoms with Crippen molar-refractivity contribution in [1.29, 1.82) is 0 Å². The maximum Gasteiger partial charge on any atom is 0.323 e. The molecule has 20 heavy (non-hydrogen) atoms. The molecule has 0 saturated carbocycles. The largest absolute Gasteiger partial charge is 0.464 e. The van der Waals surface area contributed by atoms with Crippen LogP contribution in [0.5, 0.6) is 0 Å². The molecule has 0 aliphatic carbocycles. The summed E-state index contributed by atoms with van der Waals surface area (Å²) in [6, 6.07) is 6.47. The number of rotatable bonds is 2. The molecule has 2 aliphatic heterocycles. The Morgan fingerprint density at radius 2 is 1.90 bits per heavy atom. The fraction of sp³-hybridized carbons (Fsp3) is 0.562. The average molecular weight is 274 g/mol. The summed E-state index contributed by atoms with van der Waals surface area (Å²) in [5.74, 6) is -0.0369. The Kier molecular flexibility index (Phi) is 3.66. The third kappa shape index (κ3) is 2.40. The molecule has 0 bridgehead atoms. The molecule has 4 heteroatoms. The highest BCUT2D eigenvalue weighted by Gasteiger charge is 2.34. The van der Waals surface area contributed by atoms with Gasteiger partial charge in [-0.15, -0.1) is 0 Å². The molecular weight excluding hydrogens is 252 g/mol. The van der Waals surface area contributed by atoms with Gasteiger partial charge >= 0.3 is 5.97 Å². The second-order valence-corrected chi connectivity index (χ2v) is 5.71. The van der Waals surface area contributed by atoms with E-state index in [2.05, 4.69) is 41.8 Å². The summed E-state index contributed by atoms with van der Waals surface area (Å²) in [4.78, 5) is 16.4. The summed E-state index contributed by atoms with van der Waals surface area (Å²) >= 11 is 0. The highest BCUT2D eigenvalue weighted by atomic mass is 16.5. The standard InChI is InChI=1S/C16H22N2O2/c1-12-4-3-5-14(13(12)2)17-7-9-18(10-8-17)15-6-11-20-16(15)19/h3-5,15H,6-11H2,1-2H3/t15-/m0/s1. The van der Waals surface area contributed by atoms with Crippen molar-refractivity contribution in [1.82, 2.24) is 4.90 Å². The molecule has 108 valence electrons. The Bertz CT molecular complexity index is 507. The first kappa shape index (κ1) is 13.4. The fourth-order valence-corrected chi connectivity index (χ4v) is 3.17. The van der Waals surface area contributed by atoms with E-state index < -0.39 is 0 Å². The quantitative estimate of drug-likeness (QED) is 0.769. The first-order valence-corrected chi connectivity index (χ1v) is 7.38. The zero-order valence-corrected chi connectivity index (χ0v) is 12.3. The number of nitrogens with zero attached hydrogens (tertiary/aromatic N) is 2. The lowest BCUT2D eigenvalue weighted by atomic mass is 10.1. The number of carbonyl (C=O) groups is 1. The molecule has 1 aromatic rings. The zero-order chi connectivity index (χ0) is 14.1. The monoisotopic (exact) mass is 274 g/mol. The maximum absolute atomic E-state index is 11.6. The molecule has 0 aromatic heterocycles. The van der Waals surface area contributed by atoms with Gasteiger partial charge in [0.1, 0.15) is 6.04 Å². The van der Waals surface area contributed by atoms with Crippen molar-refractivity contribution in [2.24, 2.45) is 0 Å². The Hall–Kier alpha value is -1.55. The van der Waals surface area contributed by atoms with Gasteiger partial charge in [-0.1, -0.05) is 12.1 Å². The smallest absolute Gasteiger partial charge is 0.323 e. The van der Waals surface area contributed by atoms with Gasteiger partial charge in [0, 0.05) is 38.3 Å². The van der Waals surface area contributed by atoms with Gasteiger partial charge in [-0.25, -0.2) is 0 Å². The Labute approximate surface area is 120 Å². The molecular formula is C16H22N2O2. The lowest BCUT2D eigenvalue weighted by Crippen LogP contribution is -2.51. The third-order valence-electron chi connectivity index (χ3n) is 4.58. The number of hydrogen-bond acceptors (Lipinski definition) is 4. The highest BCUT2D eigenvalue weighted by Crippen LogP contribution is 2.25. The third-order valence-corrected chi connectivity index (χ3v) is 4.58. The van der Waals surface area contributed by atoms with Gasteiger partial charge in [-0.05, 0) is 31.0 Å². The van der Waals surface area contributed by atoms with Crippen molar-refractivity contribution >= 4 is 11.7 Å². The Morgan fingerprint density at radius 1 is 1.15 bits per heavy atom. The number of benzene rings is 1. The summed E-state index contributed by atoms with van der Waals surface area (Å²) in [7, 11) is 0. The second-order valence-electron chi connectivity index (χ2n) is 5.71. The van der Waals surface area contributed by atoms with Crippen LogP contribution >= 0.6 is 0 Å². The van der Waals surface area contributed by atoms with E-state index in [4.69, 9.17) is 4.74 Å². The normalized spacial score (nSPS) is 24.0. The first-order valence-electron chi connectivity index (χ1n) is 7.38. The predicted molar refractivity (Wildman–Crippen MR) is 79.1 cm³/mol.